The molecule has 0 aliphatic heterocycles. The lowest BCUT2D eigenvalue weighted by molar-refractivity contribution is 0.306. The molecule has 0 saturated heterocycles. The molecule has 114 valence electrons. The Hall–Kier alpha value is -2.42. The molecule has 0 amide bonds. The first-order valence-corrected chi connectivity index (χ1v) is 7.57. The Kier molecular flexibility index (Phi) is 3.80. The number of phenols is 1. The first-order chi connectivity index (χ1) is 10.6. The van der Waals surface area contributed by atoms with Crippen molar-refractivity contribution < 1.29 is 9.84 Å². The standard InChI is InChI=1S/C19H21NO2/c1-13(2)20-11-15(18-6-4-5-14(3)19(18)20)12-22-17-9-7-16(21)8-10-17/h4-11,13,21H,12H2,1-3H3. The number of hydrogen-bond donors (Lipinski definition) is 1. The van der Waals surface area contributed by atoms with Crippen LogP contribution in [0.15, 0.2) is 48.7 Å². The number of ether oxygens (including phenoxy) is 1. The fourth-order valence-corrected chi connectivity index (χ4v) is 2.79. The molecular weight excluding hydrogens is 274 g/mol. The predicted molar refractivity (Wildman–Crippen MR) is 89.5 cm³/mol. The summed E-state index contributed by atoms with van der Waals surface area (Å²) in [5.74, 6) is 1.01. The Morgan fingerprint density at radius 1 is 1.09 bits per heavy atom. The van der Waals surface area contributed by atoms with Gasteiger partial charge in [-0.15, -0.1) is 0 Å². The Morgan fingerprint density at radius 2 is 1.82 bits per heavy atom. The summed E-state index contributed by atoms with van der Waals surface area (Å²) in [7, 11) is 0. The minimum Gasteiger partial charge on any atom is -0.508 e. The van der Waals surface area contributed by atoms with Crippen LogP contribution in [-0.4, -0.2) is 9.67 Å². The normalized spacial score (nSPS) is 11.3. The zero-order chi connectivity index (χ0) is 15.7. The summed E-state index contributed by atoms with van der Waals surface area (Å²) in [5, 5.41) is 10.6. The number of para-hydroxylation sites is 1. The molecule has 22 heavy (non-hydrogen) atoms. The minimum atomic E-state index is 0.249. The SMILES string of the molecule is Cc1cccc2c(COc3ccc(O)cc3)cn(C(C)C)c12. The first-order valence-electron chi connectivity index (χ1n) is 7.57. The third kappa shape index (κ3) is 2.67. The molecule has 3 nitrogen and oxygen atoms in total. The summed E-state index contributed by atoms with van der Waals surface area (Å²) >= 11 is 0. The van der Waals surface area contributed by atoms with Gasteiger partial charge in [0.25, 0.3) is 0 Å². The van der Waals surface area contributed by atoms with E-state index in [1.54, 1.807) is 24.3 Å². The van der Waals surface area contributed by atoms with Crippen LogP contribution in [0.2, 0.25) is 0 Å². The highest BCUT2D eigenvalue weighted by atomic mass is 16.5. The lowest BCUT2D eigenvalue weighted by atomic mass is 10.1. The molecule has 0 saturated carbocycles. The monoisotopic (exact) mass is 295 g/mol. The van der Waals surface area contributed by atoms with Crippen LogP contribution in [0.4, 0.5) is 0 Å². The van der Waals surface area contributed by atoms with Crippen LogP contribution in [0.5, 0.6) is 11.5 Å². The Morgan fingerprint density at radius 3 is 2.50 bits per heavy atom. The average molecular weight is 295 g/mol. The molecule has 0 spiro atoms. The molecule has 0 aliphatic rings. The van der Waals surface area contributed by atoms with Crippen LogP contribution in [0.25, 0.3) is 10.9 Å². The first kappa shape index (κ1) is 14.5. The summed E-state index contributed by atoms with van der Waals surface area (Å²) in [6, 6.07) is 13.6. The topological polar surface area (TPSA) is 34.4 Å². The third-order valence-electron chi connectivity index (χ3n) is 3.92. The van der Waals surface area contributed by atoms with Gasteiger partial charge >= 0.3 is 0 Å². The molecule has 0 fully saturated rings. The van der Waals surface area contributed by atoms with E-state index >= 15 is 0 Å². The van der Waals surface area contributed by atoms with Gasteiger partial charge in [0.05, 0.1) is 5.52 Å². The molecule has 0 atom stereocenters. The molecule has 0 unspecified atom stereocenters. The second-order valence-corrected chi connectivity index (χ2v) is 5.91. The van der Waals surface area contributed by atoms with E-state index < -0.39 is 0 Å². The molecule has 3 heteroatoms. The van der Waals surface area contributed by atoms with Crippen molar-refractivity contribution in [2.45, 2.75) is 33.4 Å². The van der Waals surface area contributed by atoms with Crippen molar-refractivity contribution in [2.24, 2.45) is 0 Å². The maximum atomic E-state index is 9.32. The van der Waals surface area contributed by atoms with Crippen LogP contribution in [0.3, 0.4) is 0 Å². The average Bonchev–Trinajstić information content (AvgIpc) is 2.87. The highest BCUT2D eigenvalue weighted by Crippen LogP contribution is 2.28. The fourth-order valence-electron chi connectivity index (χ4n) is 2.79. The number of rotatable bonds is 4. The van der Waals surface area contributed by atoms with Crippen molar-refractivity contribution in [1.82, 2.24) is 4.57 Å². The lowest BCUT2D eigenvalue weighted by Crippen LogP contribution is -1.99. The van der Waals surface area contributed by atoms with Crippen molar-refractivity contribution >= 4 is 10.9 Å². The van der Waals surface area contributed by atoms with Crippen LogP contribution in [0.1, 0.15) is 31.0 Å². The smallest absolute Gasteiger partial charge is 0.120 e. The van der Waals surface area contributed by atoms with E-state index in [-0.39, 0.29) is 5.75 Å². The van der Waals surface area contributed by atoms with Gasteiger partial charge in [0.1, 0.15) is 18.1 Å². The van der Waals surface area contributed by atoms with E-state index in [1.165, 1.54) is 22.0 Å². The predicted octanol–water partition coefficient (Wildman–Crippen LogP) is 4.82. The summed E-state index contributed by atoms with van der Waals surface area (Å²) in [6.45, 7) is 7.04. The van der Waals surface area contributed by atoms with Crippen LogP contribution in [-0.2, 0) is 6.61 Å². The summed E-state index contributed by atoms with van der Waals surface area (Å²) in [5.41, 5.74) is 3.74. The Labute approximate surface area is 130 Å². The number of fused-ring (bicyclic) bond motifs is 1. The van der Waals surface area contributed by atoms with Crippen molar-refractivity contribution in [3.8, 4) is 11.5 Å². The zero-order valence-corrected chi connectivity index (χ0v) is 13.2. The second-order valence-electron chi connectivity index (χ2n) is 5.91. The van der Waals surface area contributed by atoms with Gasteiger partial charge in [-0.25, -0.2) is 0 Å². The molecule has 0 aliphatic carbocycles. The Balaban J connectivity index is 1.94. The number of nitrogens with zero attached hydrogens (tertiary/aromatic N) is 1. The number of phenolic OH excluding ortho intramolecular Hbond substituents is 1. The summed E-state index contributed by atoms with van der Waals surface area (Å²) < 4.78 is 8.17. The van der Waals surface area contributed by atoms with Gasteiger partial charge in [-0.05, 0) is 50.6 Å². The van der Waals surface area contributed by atoms with Gasteiger partial charge in [-0.1, -0.05) is 18.2 Å². The molecule has 2 aromatic carbocycles. The molecular formula is C19H21NO2. The molecule has 1 aromatic heterocycles. The largest absolute Gasteiger partial charge is 0.508 e. The molecule has 0 radical (unpaired) electrons. The lowest BCUT2D eigenvalue weighted by Gasteiger charge is -2.10. The summed E-state index contributed by atoms with van der Waals surface area (Å²) in [6.07, 6.45) is 2.18. The molecule has 1 N–H and O–H groups in total. The van der Waals surface area contributed by atoms with E-state index in [0.29, 0.717) is 12.6 Å². The molecule has 0 bridgehead atoms. The number of aromatic nitrogens is 1. The highest BCUT2D eigenvalue weighted by Gasteiger charge is 2.12. The number of aromatic hydroxyl groups is 1. The zero-order valence-electron chi connectivity index (χ0n) is 13.2. The second kappa shape index (κ2) is 5.76. The van der Waals surface area contributed by atoms with Gasteiger partial charge in [0.15, 0.2) is 0 Å². The van der Waals surface area contributed by atoms with Crippen LogP contribution in [0, 0.1) is 6.92 Å². The van der Waals surface area contributed by atoms with Crippen molar-refractivity contribution in [2.75, 3.05) is 0 Å². The van der Waals surface area contributed by atoms with Crippen LogP contribution < -0.4 is 4.74 Å². The van der Waals surface area contributed by atoms with Crippen molar-refractivity contribution in [3.63, 3.8) is 0 Å². The van der Waals surface area contributed by atoms with Crippen LogP contribution >= 0.6 is 0 Å². The van der Waals surface area contributed by atoms with E-state index in [1.807, 2.05) is 0 Å². The molecule has 3 aromatic rings. The summed E-state index contributed by atoms with van der Waals surface area (Å²) in [4.78, 5) is 0. The van der Waals surface area contributed by atoms with Gasteiger partial charge in [-0.3, -0.25) is 0 Å². The molecule has 3 rings (SSSR count). The van der Waals surface area contributed by atoms with Crippen molar-refractivity contribution in [1.29, 1.82) is 0 Å². The number of aryl methyl sites for hydroxylation is 1. The van der Waals surface area contributed by atoms with Gasteiger partial charge in [-0.2, -0.15) is 0 Å². The van der Waals surface area contributed by atoms with Gasteiger partial charge < -0.3 is 14.4 Å². The van der Waals surface area contributed by atoms with E-state index in [4.69, 9.17) is 4.74 Å². The maximum Gasteiger partial charge on any atom is 0.120 e. The number of hydrogen-bond acceptors (Lipinski definition) is 2. The highest BCUT2D eigenvalue weighted by molar-refractivity contribution is 5.86. The fraction of sp³-hybridized carbons (Fsp3) is 0.263. The quantitative estimate of drug-likeness (QED) is 0.749. The Bertz CT molecular complexity index is 785. The van der Waals surface area contributed by atoms with E-state index in [9.17, 15) is 5.11 Å². The van der Waals surface area contributed by atoms with E-state index in [2.05, 4.69) is 49.7 Å². The number of benzene rings is 2. The van der Waals surface area contributed by atoms with Crippen molar-refractivity contribution in [3.05, 3.63) is 59.8 Å². The van der Waals surface area contributed by atoms with Gasteiger partial charge in [0.2, 0.25) is 0 Å². The third-order valence-corrected chi connectivity index (χ3v) is 3.92. The minimum absolute atomic E-state index is 0.249. The molecule has 1 heterocycles. The maximum absolute atomic E-state index is 9.32. The van der Waals surface area contributed by atoms with Gasteiger partial charge in [0, 0.05) is 23.2 Å². The van der Waals surface area contributed by atoms with E-state index in [0.717, 1.165) is 5.75 Å².